The number of hydrogen-bond donors (Lipinski definition) is 1. The van der Waals surface area contributed by atoms with Crippen molar-refractivity contribution in [3.05, 3.63) is 35.5 Å². The highest BCUT2D eigenvalue weighted by Crippen LogP contribution is 2.36. The molecule has 2 amide bonds. The van der Waals surface area contributed by atoms with Crippen molar-refractivity contribution >= 4 is 23.0 Å². The van der Waals surface area contributed by atoms with Gasteiger partial charge in [-0.25, -0.2) is 9.78 Å². The Bertz CT molecular complexity index is 1490. The minimum absolute atomic E-state index is 0.0141. The number of ether oxygens (including phenoxy) is 2. The fourth-order valence-corrected chi connectivity index (χ4v) is 5.48. The fourth-order valence-electron chi connectivity index (χ4n) is 5.48. The van der Waals surface area contributed by atoms with Crippen LogP contribution in [0.15, 0.2) is 24.3 Å². The summed E-state index contributed by atoms with van der Waals surface area (Å²) in [4.78, 5) is 32.9. The van der Waals surface area contributed by atoms with Gasteiger partial charge in [0.25, 0.3) is 5.91 Å². The van der Waals surface area contributed by atoms with Crippen molar-refractivity contribution in [1.82, 2.24) is 24.3 Å². The molecular weight excluding hydrogens is 508 g/mol. The minimum atomic E-state index is -0.592. The summed E-state index contributed by atoms with van der Waals surface area (Å²) in [5, 5.41) is 12.6. The molecule has 1 N–H and O–H groups in total. The molecule has 2 atom stereocenters. The summed E-state index contributed by atoms with van der Waals surface area (Å²) >= 11 is 0. The zero-order chi connectivity index (χ0) is 28.8. The van der Waals surface area contributed by atoms with Gasteiger partial charge < -0.3 is 28.8 Å². The minimum Gasteiger partial charge on any atom is -0.494 e. The SMILES string of the molecule is COc1cc(C(=O)N2C[C@H](NC(=O)OC(C)(C)C)CC[C@H]2C)cc2nc(-c3ccc(C#N)n3CC3CC3)n(C)c12. The molecule has 5 rings (SSSR count). The molecular formula is C30H38N6O4. The van der Waals surface area contributed by atoms with E-state index in [1.54, 1.807) is 24.1 Å². The van der Waals surface area contributed by atoms with E-state index in [2.05, 4.69) is 11.4 Å². The number of piperidine rings is 1. The normalized spacial score (nSPS) is 19.4. The Hall–Kier alpha value is -4.00. The fraction of sp³-hybridized carbons (Fsp3) is 0.533. The largest absolute Gasteiger partial charge is 0.494 e. The van der Waals surface area contributed by atoms with Crippen LogP contribution in [0.3, 0.4) is 0 Å². The van der Waals surface area contributed by atoms with Crippen LogP contribution in [0.2, 0.25) is 0 Å². The molecule has 0 bridgehead atoms. The predicted molar refractivity (Wildman–Crippen MR) is 151 cm³/mol. The summed E-state index contributed by atoms with van der Waals surface area (Å²) in [5.74, 6) is 1.72. The molecule has 0 radical (unpaired) electrons. The number of benzene rings is 1. The third-order valence-corrected chi connectivity index (χ3v) is 7.73. The first kappa shape index (κ1) is 27.6. The lowest BCUT2D eigenvalue weighted by atomic mass is 9.98. The smallest absolute Gasteiger partial charge is 0.407 e. The average Bonchev–Trinajstić information content (AvgIpc) is 3.54. The van der Waals surface area contributed by atoms with Crippen molar-refractivity contribution in [2.75, 3.05) is 13.7 Å². The molecule has 1 aliphatic heterocycles. The monoisotopic (exact) mass is 546 g/mol. The van der Waals surface area contributed by atoms with Gasteiger partial charge in [-0.15, -0.1) is 0 Å². The van der Waals surface area contributed by atoms with E-state index in [1.165, 1.54) is 12.8 Å². The van der Waals surface area contributed by atoms with Crippen LogP contribution in [0.5, 0.6) is 5.75 Å². The summed E-state index contributed by atoms with van der Waals surface area (Å²) in [5.41, 5.74) is 2.80. The number of imidazole rings is 1. The third-order valence-electron chi connectivity index (χ3n) is 7.73. The van der Waals surface area contributed by atoms with Crippen LogP contribution in [0.25, 0.3) is 22.6 Å². The van der Waals surface area contributed by atoms with Crippen LogP contribution in [-0.4, -0.2) is 62.4 Å². The summed E-state index contributed by atoms with van der Waals surface area (Å²) in [7, 11) is 3.51. The highest BCUT2D eigenvalue weighted by atomic mass is 16.6. The van der Waals surface area contributed by atoms with Crippen LogP contribution < -0.4 is 10.1 Å². The number of carbonyl (C=O) groups excluding carboxylic acids is 2. The first-order valence-corrected chi connectivity index (χ1v) is 13.9. The number of rotatable bonds is 6. The van der Waals surface area contributed by atoms with E-state index in [9.17, 15) is 14.9 Å². The van der Waals surface area contributed by atoms with E-state index in [1.807, 2.05) is 56.0 Å². The number of hydrogen-bond acceptors (Lipinski definition) is 6. The van der Waals surface area contributed by atoms with Gasteiger partial charge in [0, 0.05) is 37.8 Å². The lowest BCUT2D eigenvalue weighted by Gasteiger charge is -2.38. The summed E-state index contributed by atoms with van der Waals surface area (Å²) in [6.07, 6.45) is 3.40. The van der Waals surface area contributed by atoms with Gasteiger partial charge in [0.2, 0.25) is 0 Å². The number of aryl methyl sites for hydroxylation is 1. The maximum absolute atomic E-state index is 13.8. The number of nitriles is 1. The van der Waals surface area contributed by atoms with Crippen LogP contribution in [0, 0.1) is 17.2 Å². The topological polar surface area (TPSA) is 114 Å². The first-order chi connectivity index (χ1) is 19.0. The second kappa shape index (κ2) is 10.5. The molecule has 2 aliphatic rings. The quantitative estimate of drug-likeness (QED) is 0.473. The first-order valence-electron chi connectivity index (χ1n) is 13.9. The summed E-state index contributed by atoms with van der Waals surface area (Å²) in [6.45, 7) is 8.68. The molecule has 1 aliphatic carbocycles. The zero-order valence-corrected chi connectivity index (χ0v) is 24.2. The number of likely N-dealkylation sites (tertiary alicyclic amines) is 1. The maximum Gasteiger partial charge on any atom is 0.407 e. The van der Waals surface area contributed by atoms with Crippen LogP contribution in [0.1, 0.15) is 69.4 Å². The number of fused-ring (bicyclic) bond motifs is 1. The molecule has 0 unspecified atom stereocenters. The molecule has 1 saturated heterocycles. The van der Waals surface area contributed by atoms with Crippen LogP contribution in [-0.2, 0) is 18.3 Å². The van der Waals surface area contributed by atoms with Crippen LogP contribution >= 0.6 is 0 Å². The standard InChI is InChI=1S/C30H38N6O4/c1-18-7-10-21(32-29(38)40-30(2,3)4)17-35(18)28(37)20-13-23-26(25(14-20)39-6)34(5)27(33-23)24-12-11-22(15-31)36(24)16-19-8-9-19/h11-14,18-19,21H,7-10,16-17H2,1-6H3,(H,32,38)/t18-,21-/m1/s1. The lowest BCUT2D eigenvalue weighted by molar-refractivity contribution is 0.0412. The van der Waals surface area contributed by atoms with Crippen molar-refractivity contribution < 1.29 is 19.1 Å². The van der Waals surface area contributed by atoms with Gasteiger partial charge in [-0.3, -0.25) is 4.79 Å². The van der Waals surface area contributed by atoms with Crippen molar-refractivity contribution in [2.45, 2.75) is 77.6 Å². The molecule has 40 heavy (non-hydrogen) atoms. The van der Waals surface area contributed by atoms with E-state index < -0.39 is 11.7 Å². The number of nitrogens with one attached hydrogen (secondary N) is 1. The molecule has 3 aromatic rings. The lowest BCUT2D eigenvalue weighted by Crippen LogP contribution is -2.53. The number of methoxy groups -OCH3 is 1. The van der Waals surface area contributed by atoms with Crippen molar-refractivity contribution in [1.29, 1.82) is 5.26 Å². The van der Waals surface area contributed by atoms with E-state index >= 15 is 0 Å². The Balaban J connectivity index is 1.45. The van der Waals surface area contributed by atoms with Crippen molar-refractivity contribution in [3.8, 4) is 23.3 Å². The van der Waals surface area contributed by atoms with E-state index in [0.29, 0.717) is 40.8 Å². The Labute approximate surface area is 234 Å². The second-order valence-corrected chi connectivity index (χ2v) is 12.0. The Morgan fingerprint density at radius 3 is 2.58 bits per heavy atom. The van der Waals surface area contributed by atoms with Crippen LogP contribution in [0.4, 0.5) is 4.79 Å². The molecule has 1 saturated carbocycles. The Kier molecular flexibility index (Phi) is 7.25. The second-order valence-electron chi connectivity index (χ2n) is 12.0. The van der Waals surface area contributed by atoms with E-state index in [-0.39, 0.29) is 18.0 Å². The summed E-state index contributed by atoms with van der Waals surface area (Å²) < 4.78 is 15.2. The highest BCUT2D eigenvalue weighted by molar-refractivity contribution is 6.00. The summed E-state index contributed by atoms with van der Waals surface area (Å²) in [6, 6.07) is 9.46. The number of aromatic nitrogens is 3. The molecule has 10 heteroatoms. The molecule has 0 spiro atoms. The molecule has 10 nitrogen and oxygen atoms in total. The predicted octanol–water partition coefficient (Wildman–Crippen LogP) is 4.85. The van der Waals surface area contributed by atoms with Gasteiger partial charge in [0.05, 0.1) is 18.3 Å². The van der Waals surface area contributed by atoms with Gasteiger partial charge in [-0.2, -0.15) is 5.26 Å². The Morgan fingerprint density at radius 2 is 1.93 bits per heavy atom. The van der Waals surface area contributed by atoms with Gasteiger partial charge >= 0.3 is 6.09 Å². The van der Waals surface area contributed by atoms with Gasteiger partial charge in [-0.1, -0.05) is 0 Å². The number of alkyl carbamates (subject to hydrolysis) is 1. The average molecular weight is 547 g/mol. The number of carbonyl (C=O) groups is 2. The highest BCUT2D eigenvalue weighted by Gasteiger charge is 2.32. The molecule has 2 fully saturated rings. The van der Waals surface area contributed by atoms with Gasteiger partial charge in [-0.05, 0) is 83.6 Å². The zero-order valence-electron chi connectivity index (χ0n) is 24.2. The maximum atomic E-state index is 13.8. The van der Waals surface area contributed by atoms with E-state index in [4.69, 9.17) is 14.5 Å². The number of nitrogens with zero attached hydrogens (tertiary/aromatic N) is 5. The number of amides is 2. The van der Waals surface area contributed by atoms with Gasteiger partial charge in [0.1, 0.15) is 28.6 Å². The molecule has 2 aromatic heterocycles. The van der Waals surface area contributed by atoms with Gasteiger partial charge in [0.15, 0.2) is 5.82 Å². The Morgan fingerprint density at radius 1 is 1.18 bits per heavy atom. The molecule has 212 valence electrons. The molecule has 3 heterocycles. The van der Waals surface area contributed by atoms with Crippen molar-refractivity contribution in [2.24, 2.45) is 13.0 Å². The van der Waals surface area contributed by atoms with Crippen molar-refractivity contribution in [3.63, 3.8) is 0 Å². The van der Waals surface area contributed by atoms with E-state index in [0.717, 1.165) is 30.6 Å². The molecule has 1 aromatic carbocycles. The third kappa shape index (κ3) is 5.51.